The predicted molar refractivity (Wildman–Crippen MR) is 88.9 cm³/mol. The molecule has 20 heavy (non-hydrogen) atoms. The minimum Gasteiger partial charge on any atom is -0.308 e. The molecule has 0 aliphatic carbocycles. The molecule has 0 saturated carbocycles. The zero-order valence-corrected chi connectivity index (χ0v) is 15.6. The summed E-state index contributed by atoms with van der Waals surface area (Å²) in [5.41, 5.74) is 0.440. The number of carbonyl (C=O) groups is 1. The van der Waals surface area contributed by atoms with Crippen molar-refractivity contribution in [1.82, 2.24) is 14.7 Å². The van der Waals surface area contributed by atoms with Crippen LogP contribution in [0, 0.1) is 0 Å². The van der Waals surface area contributed by atoms with Gasteiger partial charge >= 0.3 is 0 Å². The van der Waals surface area contributed by atoms with E-state index in [1.807, 2.05) is 19.0 Å². The van der Waals surface area contributed by atoms with Crippen LogP contribution in [0.5, 0.6) is 0 Å². The SMILES string of the molecule is CN(C)CCn1ncc(Cl)c1C(=O)c1cc(Br)c(Br)s1. The molecule has 0 aliphatic rings. The van der Waals surface area contributed by atoms with Crippen LogP contribution in [0.15, 0.2) is 20.5 Å². The van der Waals surface area contributed by atoms with Gasteiger partial charge in [-0.2, -0.15) is 5.10 Å². The third-order valence-corrected chi connectivity index (χ3v) is 6.17. The highest BCUT2D eigenvalue weighted by Crippen LogP contribution is 2.34. The van der Waals surface area contributed by atoms with Crippen LogP contribution in [0.25, 0.3) is 0 Å². The van der Waals surface area contributed by atoms with E-state index in [2.05, 4.69) is 37.0 Å². The van der Waals surface area contributed by atoms with E-state index in [1.54, 1.807) is 10.7 Å². The van der Waals surface area contributed by atoms with Crippen LogP contribution in [0.3, 0.4) is 0 Å². The number of nitrogens with zero attached hydrogens (tertiary/aromatic N) is 3. The predicted octanol–water partition coefficient (Wildman–Crippen LogP) is 3.92. The van der Waals surface area contributed by atoms with Crippen molar-refractivity contribution < 1.29 is 4.79 Å². The van der Waals surface area contributed by atoms with Crippen LogP contribution in [-0.4, -0.2) is 41.1 Å². The first kappa shape index (κ1) is 16.2. The molecule has 0 aromatic carbocycles. The molecule has 4 nitrogen and oxygen atoms in total. The Hall–Kier alpha value is -0.210. The molecule has 108 valence electrons. The zero-order valence-electron chi connectivity index (χ0n) is 10.9. The molecule has 8 heteroatoms. The Kier molecular flexibility index (Phi) is 5.42. The van der Waals surface area contributed by atoms with Gasteiger partial charge in [0.2, 0.25) is 5.78 Å². The smallest absolute Gasteiger partial charge is 0.222 e. The van der Waals surface area contributed by atoms with Crippen molar-refractivity contribution in [2.75, 3.05) is 20.6 Å². The zero-order chi connectivity index (χ0) is 14.9. The van der Waals surface area contributed by atoms with Crippen LogP contribution in [0.4, 0.5) is 0 Å². The van der Waals surface area contributed by atoms with E-state index < -0.39 is 0 Å². The lowest BCUT2D eigenvalue weighted by Crippen LogP contribution is -2.21. The molecular formula is C12H12Br2ClN3OS. The summed E-state index contributed by atoms with van der Waals surface area (Å²) in [6.45, 7) is 1.41. The fourth-order valence-corrected chi connectivity index (χ4v) is 3.83. The quantitative estimate of drug-likeness (QED) is 0.661. The summed E-state index contributed by atoms with van der Waals surface area (Å²) in [6, 6.07) is 1.79. The Balaban J connectivity index is 2.31. The van der Waals surface area contributed by atoms with Gasteiger partial charge in [-0.1, -0.05) is 11.6 Å². The Morgan fingerprint density at radius 3 is 2.75 bits per heavy atom. The first-order chi connectivity index (χ1) is 9.40. The maximum absolute atomic E-state index is 12.6. The lowest BCUT2D eigenvalue weighted by molar-refractivity contribution is 0.103. The highest BCUT2D eigenvalue weighted by molar-refractivity contribution is 9.13. The molecule has 2 aromatic heterocycles. The molecule has 0 bridgehead atoms. The third-order valence-electron chi connectivity index (χ3n) is 2.64. The molecule has 0 saturated heterocycles. The molecule has 2 rings (SSSR count). The highest BCUT2D eigenvalue weighted by Gasteiger charge is 2.21. The van der Waals surface area contributed by atoms with Crippen molar-refractivity contribution in [2.24, 2.45) is 0 Å². The lowest BCUT2D eigenvalue weighted by Gasteiger charge is -2.11. The van der Waals surface area contributed by atoms with E-state index in [-0.39, 0.29) is 5.78 Å². The average Bonchev–Trinajstić information content (AvgIpc) is 2.90. The first-order valence-corrected chi connectivity index (χ1v) is 8.53. The number of likely N-dealkylation sites (N-methyl/N-ethyl adjacent to an activating group) is 1. The van der Waals surface area contributed by atoms with Crippen molar-refractivity contribution in [3.63, 3.8) is 0 Å². The van der Waals surface area contributed by atoms with E-state index in [0.717, 1.165) is 14.8 Å². The summed E-state index contributed by atoms with van der Waals surface area (Å²) in [4.78, 5) is 15.2. The van der Waals surface area contributed by atoms with Gasteiger partial charge in [0.25, 0.3) is 0 Å². The van der Waals surface area contributed by atoms with Gasteiger partial charge < -0.3 is 4.90 Å². The standard InChI is InChI=1S/C12H12Br2ClN3OS/c1-17(2)3-4-18-10(8(15)6-16-18)11(19)9-5-7(13)12(14)20-9/h5-6H,3-4H2,1-2H3. The van der Waals surface area contributed by atoms with Crippen molar-refractivity contribution in [3.8, 4) is 0 Å². The number of thiophene rings is 1. The van der Waals surface area contributed by atoms with Gasteiger partial charge in [0.05, 0.1) is 26.4 Å². The van der Waals surface area contributed by atoms with Crippen molar-refractivity contribution in [2.45, 2.75) is 6.54 Å². The van der Waals surface area contributed by atoms with Crippen LogP contribution >= 0.6 is 54.8 Å². The van der Waals surface area contributed by atoms with Gasteiger partial charge in [-0.15, -0.1) is 11.3 Å². The van der Waals surface area contributed by atoms with Gasteiger partial charge in [0.15, 0.2) is 0 Å². The van der Waals surface area contributed by atoms with Crippen molar-refractivity contribution in [3.05, 3.63) is 36.1 Å². The summed E-state index contributed by atoms with van der Waals surface area (Å²) in [5, 5.41) is 4.57. The molecule has 2 heterocycles. The molecule has 0 N–H and O–H groups in total. The fourth-order valence-electron chi connectivity index (χ4n) is 1.63. The molecule has 2 aromatic rings. The van der Waals surface area contributed by atoms with Gasteiger partial charge in [-0.3, -0.25) is 9.48 Å². The van der Waals surface area contributed by atoms with Crippen LogP contribution in [0.1, 0.15) is 15.4 Å². The molecular weight excluding hydrogens is 429 g/mol. The molecule has 0 aliphatic heterocycles. The molecule has 0 amide bonds. The lowest BCUT2D eigenvalue weighted by atomic mass is 10.2. The average molecular weight is 442 g/mol. The topological polar surface area (TPSA) is 38.1 Å². The monoisotopic (exact) mass is 439 g/mol. The molecule has 0 radical (unpaired) electrons. The Morgan fingerprint density at radius 1 is 1.50 bits per heavy atom. The maximum atomic E-state index is 12.6. The maximum Gasteiger partial charge on any atom is 0.222 e. The molecule has 0 atom stereocenters. The Bertz CT molecular complexity index is 619. The van der Waals surface area contributed by atoms with Crippen molar-refractivity contribution >= 4 is 60.6 Å². The second kappa shape index (κ2) is 6.70. The molecule has 0 unspecified atom stereocenters. The van der Waals surface area contributed by atoms with E-state index >= 15 is 0 Å². The molecule has 0 spiro atoms. The number of hydrogen-bond acceptors (Lipinski definition) is 4. The van der Waals surface area contributed by atoms with Crippen LogP contribution in [0.2, 0.25) is 5.02 Å². The largest absolute Gasteiger partial charge is 0.308 e. The summed E-state index contributed by atoms with van der Waals surface area (Å²) in [5.74, 6) is -0.109. The minimum absolute atomic E-state index is 0.109. The van der Waals surface area contributed by atoms with E-state index in [9.17, 15) is 4.79 Å². The van der Waals surface area contributed by atoms with Crippen LogP contribution < -0.4 is 0 Å². The summed E-state index contributed by atoms with van der Waals surface area (Å²) >= 11 is 14.3. The van der Waals surface area contributed by atoms with E-state index in [4.69, 9.17) is 11.6 Å². The molecule has 0 fully saturated rings. The summed E-state index contributed by atoms with van der Waals surface area (Å²) < 4.78 is 3.41. The van der Waals surface area contributed by atoms with E-state index in [1.165, 1.54) is 17.5 Å². The second-order valence-corrected chi connectivity index (χ2v) is 8.06. The first-order valence-electron chi connectivity index (χ1n) is 5.75. The number of carbonyl (C=O) groups excluding carboxylic acids is 1. The Morgan fingerprint density at radius 2 is 2.20 bits per heavy atom. The van der Waals surface area contributed by atoms with Gasteiger partial charge in [-0.05, 0) is 52.0 Å². The summed E-state index contributed by atoms with van der Waals surface area (Å²) in [7, 11) is 3.94. The summed E-state index contributed by atoms with van der Waals surface area (Å²) in [6.07, 6.45) is 1.52. The van der Waals surface area contributed by atoms with Crippen LogP contribution in [-0.2, 0) is 6.54 Å². The number of hydrogen-bond donors (Lipinski definition) is 0. The number of aromatic nitrogens is 2. The highest BCUT2D eigenvalue weighted by atomic mass is 79.9. The number of halogens is 3. The van der Waals surface area contributed by atoms with Gasteiger partial charge in [0.1, 0.15) is 5.69 Å². The third kappa shape index (κ3) is 3.51. The van der Waals surface area contributed by atoms with Crippen molar-refractivity contribution in [1.29, 1.82) is 0 Å². The van der Waals surface area contributed by atoms with Gasteiger partial charge in [-0.25, -0.2) is 0 Å². The van der Waals surface area contributed by atoms with E-state index in [0.29, 0.717) is 22.1 Å². The minimum atomic E-state index is -0.109. The number of rotatable bonds is 5. The fraction of sp³-hybridized carbons (Fsp3) is 0.333. The Labute approximate surface area is 143 Å². The number of ketones is 1. The second-order valence-electron chi connectivity index (χ2n) is 4.43. The normalized spacial score (nSPS) is 11.3. The van der Waals surface area contributed by atoms with Gasteiger partial charge in [0, 0.05) is 11.0 Å².